The summed E-state index contributed by atoms with van der Waals surface area (Å²) in [4.78, 5) is 48.3. The Morgan fingerprint density at radius 2 is 1.71 bits per heavy atom. The molecule has 3 aromatic heterocycles. The average molecular weight is 799 g/mol. The largest absolute Gasteiger partial charge is 0.490 e. The molecule has 4 aromatic rings. The first-order valence-electron chi connectivity index (χ1n) is 20.0. The van der Waals surface area contributed by atoms with Crippen molar-refractivity contribution in [2.75, 3.05) is 49.1 Å². The van der Waals surface area contributed by atoms with Gasteiger partial charge in [-0.3, -0.25) is 19.8 Å². The lowest BCUT2D eigenvalue weighted by atomic mass is 9.92. The van der Waals surface area contributed by atoms with Crippen molar-refractivity contribution in [2.24, 2.45) is 5.92 Å². The number of alkyl halides is 3. The number of carbonyl (C=O) groups excluding carboxylic acids is 3. The molecule has 0 unspecified atom stereocenters. The van der Waals surface area contributed by atoms with E-state index in [1.165, 1.54) is 6.07 Å². The van der Waals surface area contributed by atoms with Crippen molar-refractivity contribution in [2.45, 2.75) is 82.2 Å². The molecular formula is C41H45F3N10O4. The van der Waals surface area contributed by atoms with Crippen LogP contribution in [0.1, 0.15) is 85.4 Å². The molecule has 17 heteroatoms. The fraction of sp³-hybridized carbons (Fsp3) is 0.488. The van der Waals surface area contributed by atoms with Crippen LogP contribution in [-0.2, 0) is 11.0 Å². The topological polar surface area (TPSA) is 162 Å². The van der Waals surface area contributed by atoms with Gasteiger partial charge in [-0.25, -0.2) is 9.78 Å². The lowest BCUT2D eigenvalue weighted by Gasteiger charge is -2.38. The Balaban J connectivity index is 0.759. The van der Waals surface area contributed by atoms with E-state index >= 15 is 0 Å². The number of ether oxygens (including phenoxy) is 1. The predicted octanol–water partition coefficient (Wildman–Crippen LogP) is 5.84. The van der Waals surface area contributed by atoms with E-state index < -0.39 is 23.3 Å². The molecule has 4 amide bonds. The van der Waals surface area contributed by atoms with Crippen LogP contribution in [0.15, 0.2) is 54.9 Å². The summed E-state index contributed by atoms with van der Waals surface area (Å²) in [5, 5.41) is 24.0. The van der Waals surface area contributed by atoms with Gasteiger partial charge in [0.2, 0.25) is 5.91 Å². The molecule has 2 N–H and O–H groups in total. The maximum atomic E-state index is 13.4. The Labute approximate surface area is 333 Å². The zero-order valence-corrected chi connectivity index (χ0v) is 32.0. The number of nitrogens with one attached hydrogen (secondary N) is 2. The standard InChI is InChI=1S/C41H45F3N10O4/c42-41(43,44)33-23-31(4-1-27(33)24-45)58-30-5-2-28(3-6-30)47-39(56)34-7-8-36(50-49-34)52-19-10-26(11-20-52)25-51-17-12-29(13-18-51)53-21-14-32-35(9-16-46-38(32)53)54-22-15-37(55)48-40(54)57/h1,4,7-9,14,16,21,23,26,28-30H,2-3,5-6,10-13,15,17-20,22,25H2,(H,47,56)(H,48,55,57)/t28-,30-. The van der Waals surface area contributed by atoms with Crippen LogP contribution in [0.2, 0.25) is 0 Å². The highest BCUT2D eigenvalue weighted by atomic mass is 19.4. The third-order valence-electron chi connectivity index (χ3n) is 12.0. The van der Waals surface area contributed by atoms with E-state index in [2.05, 4.69) is 46.4 Å². The van der Waals surface area contributed by atoms with E-state index in [9.17, 15) is 27.6 Å². The Bertz CT molecular complexity index is 2180. The van der Waals surface area contributed by atoms with Gasteiger partial charge in [-0.15, -0.1) is 10.2 Å². The van der Waals surface area contributed by atoms with Crippen molar-refractivity contribution in [3.05, 3.63) is 71.7 Å². The Kier molecular flexibility index (Phi) is 11.2. The third-order valence-corrected chi connectivity index (χ3v) is 12.0. The number of hydrogen-bond donors (Lipinski definition) is 2. The van der Waals surface area contributed by atoms with E-state index in [0.29, 0.717) is 44.2 Å². The van der Waals surface area contributed by atoms with Gasteiger partial charge in [0.05, 0.1) is 29.0 Å². The number of carbonyl (C=O) groups is 3. The molecule has 0 bridgehead atoms. The van der Waals surface area contributed by atoms with Gasteiger partial charge >= 0.3 is 12.2 Å². The van der Waals surface area contributed by atoms with Crippen LogP contribution >= 0.6 is 0 Å². The van der Waals surface area contributed by atoms with Gasteiger partial charge in [-0.1, -0.05) is 0 Å². The zero-order chi connectivity index (χ0) is 40.4. The Morgan fingerprint density at radius 3 is 2.40 bits per heavy atom. The minimum absolute atomic E-state index is 0.0696. The van der Waals surface area contributed by atoms with Gasteiger partial charge in [0.1, 0.15) is 11.4 Å². The summed E-state index contributed by atoms with van der Waals surface area (Å²) in [5.41, 5.74) is 0.395. The second-order valence-corrected chi connectivity index (χ2v) is 15.7. The second-order valence-electron chi connectivity index (χ2n) is 15.7. The Morgan fingerprint density at radius 1 is 0.931 bits per heavy atom. The molecule has 4 fully saturated rings. The van der Waals surface area contributed by atoms with Crippen LogP contribution in [0.3, 0.4) is 0 Å². The van der Waals surface area contributed by atoms with E-state index in [1.807, 2.05) is 18.2 Å². The molecule has 1 aromatic carbocycles. The molecule has 0 spiro atoms. The van der Waals surface area contributed by atoms with Gasteiger partial charge < -0.3 is 24.4 Å². The summed E-state index contributed by atoms with van der Waals surface area (Å²) in [6.07, 6.45) is 5.54. The van der Waals surface area contributed by atoms with Crippen molar-refractivity contribution in [3.63, 3.8) is 0 Å². The quantitative estimate of drug-likeness (QED) is 0.211. The number of benzene rings is 1. The number of imide groups is 1. The molecule has 1 aliphatic carbocycles. The second kappa shape index (κ2) is 16.6. The number of piperidine rings is 2. The molecular weight excluding hydrogens is 754 g/mol. The highest BCUT2D eigenvalue weighted by molar-refractivity contribution is 6.09. The number of hydrogen-bond acceptors (Lipinski definition) is 10. The molecule has 3 aliphatic heterocycles. The number of rotatable bonds is 9. The fourth-order valence-corrected chi connectivity index (χ4v) is 8.78. The third kappa shape index (κ3) is 8.57. The molecule has 4 aliphatic rings. The van der Waals surface area contributed by atoms with E-state index in [0.717, 1.165) is 93.1 Å². The van der Waals surface area contributed by atoms with Gasteiger partial charge in [0.15, 0.2) is 11.5 Å². The van der Waals surface area contributed by atoms with Crippen molar-refractivity contribution in [1.29, 1.82) is 5.26 Å². The molecule has 304 valence electrons. The summed E-state index contributed by atoms with van der Waals surface area (Å²) >= 11 is 0. The lowest BCUT2D eigenvalue weighted by Crippen LogP contribution is -2.49. The molecule has 3 saturated heterocycles. The first-order chi connectivity index (χ1) is 28.0. The SMILES string of the molecule is N#Cc1ccc(O[C@H]2CC[C@H](NC(=O)c3ccc(N4CCC(CN5CCC(n6ccc7c(N8CCC(=O)NC8=O)ccnc76)CC5)CC4)nn3)CC2)cc1C(F)(F)F. The molecule has 58 heavy (non-hydrogen) atoms. The molecule has 0 radical (unpaired) electrons. The number of likely N-dealkylation sites (tertiary alicyclic amines) is 1. The van der Waals surface area contributed by atoms with E-state index in [-0.39, 0.29) is 41.8 Å². The predicted molar refractivity (Wildman–Crippen MR) is 207 cm³/mol. The van der Waals surface area contributed by atoms with Crippen LogP contribution < -0.4 is 25.2 Å². The highest BCUT2D eigenvalue weighted by Crippen LogP contribution is 2.36. The summed E-state index contributed by atoms with van der Waals surface area (Å²) < 4.78 is 48.1. The van der Waals surface area contributed by atoms with Gasteiger partial charge in [0, 0.05) is 75.6 Å². The number of halogens is 3. The number of fused-ring (bicyclic) bond motifs is 1. The van der Waals surface area contributed by atoms with Gasteiger partial charge in [0.25, 0.3) is 5.91 Å². The first kappa shape index (κ1) is 39.1. The van der Waals surface area contributed by atoms with Crippen molar-refractivity contribution >= 4 is 40.4 Å². The van der Waals surface area contributed by atoms with Gasteiger partial charge in [-0.05, 0) is 99.7 Å². The number of aromatic nitrogens is 4. The molecule has 0 atom stereocenters. The minimum atomic E-state index is -4.65. The lowest BCUT2D eigenvalue weighted by molar-refractivity contribution is -0.138. The smallest absolute Gasteiger partial charge is 0.417 e. The number of pyridine rings is 1. The van der Waals surface area contributed by atoms with E-state index in [4.69, 9.17) is 10.00 Å². The molecule has 8 rings (SSSR count). The van der Waals surface area contributed by atoms with Crippen molar-refractivity contribution in [1.82, 2.24) is 35.3 Å². The van der Waals surface area contributed by atoms with E-state index in [1.54, 1.807) is 23.2 Å². The molecule has 1 saturated carbocycles. The van der Waals surface area contributed by atoms with Gasteiger partial charge in [-0.2, -0.15) is 18.4 Å². The van der Waals surface area contributed by atoms with Crippen LogP contribution in [0.4, 0.5) is 29.5 Å². The Hall–Kier alpha value is -5.76. The summed E-state index contributed by atoms with van der Waals surface area (Å²) in [6, 6.07) is 12.1. The normalized spacial score (nSPS) is 21.5. The van der Waals surface area contributed by atoms with Crippen LogP contribution in [0.25, 0.3) is 11.0 Å². The summed E-state index contributed by atoms with van der Waals surface area (Å²) in [5.74, 6) is 0.821. The van der Waals surface area contributed by atoms with Crippen LogP contribution in [-0.4, -0.2) is 93.9 Å². The number of anilines is 2. The number of urea groups is 1. The monoisotopic (exact) mass is 798 g/mol. The van der Waals surface area contributed by atoms with Crippen LogP contribution in [0, 0.1) is 17.2 Å². The molecule has 14 nitrogen and oxygen atoms in total. The van der Waals surface area contributed by atoms with Crippen molar-refractivity contribution < 1.29 is 32.3 Å². The number of amides is 4. The fourth-order valence-electron chi connectivity index (χ4n) is 8.78. The number of nitrogens with zero attached hydrogens (tertiary/aromatic N) is 8. The minimum Gasteiger partial charge on any atom is -0.490 e. The van der Waals surface area contributed by atoms with Crippen molar-refractivity contribution in [3.8, 4) is 11.8 Å². The maximum Gasteiger partial charge on any atom is 0.417 e. The highest BCUT2D eigenvalue weighted by Gasteiger charge is 2.35. The summed E-state index contributed by atoms with van der Waals surface area (Å²) in [7, 11) is 0. The summed E-state index contributed by atoms with van der Waals surface area (Å²) in [6.45, 7) is 5.11. The molecule has 6 heterocycles. The zero-order valence-electron chi connectivity index (χ0n) is 32.0. The first-order valence-corrected chi connectivity index (χ1v) is 20.0. The van der Waals surface area contributed by atoms with Crippen LogP contribution in [0.5, 0.6) is 5.75 Å². The average Bonchev–Trinajstić information content (AvgIpc) is 3.67. The number of nitriles is 1. The maximum absolute atomic E-state index is 13.4.